The summed E-state index contributed by atoms with van der Waals surface area (Å²) in [5.41, 5.74) is 4.27. The molecular formula is C30H30ClN3O2S. The summed E-state index contributed by atoms with van der Waals surface area (Å²) in [6, 6.07) is 15.2. The van der Waals surface area contributed by atoms with E-state index >= 15 is 0 Å². The van der Waals surface area contributed by atoms with Crippen molar-refractivity contribution < 1.29 is 9.53 Å². The van der Waals surface area contributed by atoms with Crippen molar-refractivity contribution in [3.8, 4) is 11.8 Å². The van der Waals surface area contributed by atoms with E-state index in [0.29, 0.717) is 22.9 Å². The molecule has 0 aliphatic heterocycles. The van der Waals surface area contributed by atoms with Crippen molar-refractivity contribution >= 4 is 40.1 Å². The maximum Gasteiger partial charge on any atom is 0.254 e. The average molecular weight is 532 g/mol. The number of ether oxygens (including phenoxy) is 1. The Morgan fingerprint density at radius 2 is 1.89 bits per heavy atom. The van der Waals surface area contributed by atoms with Gasteiger partial charge in [-0.25, -0.2) is 4.99 Å². The van der Waals surface area contributed by atoms with Crippen LogP contribution >= 0.6 is 22.9 Å². The number of rotatable bonds is 7. The molecule has 0 unspecified atom stereocenters. The van der Waals surface area contributed by atoms with E-state index in [-0.39, 0.29) is 11.9 Å². The molecule has 5 rings (SSSR count). The van der Waals surface area contributed by atoms with Crippen LogP contribution in [0.5, 0.6) is 5.75 Å². The third-order valence-corrected chi connectivity index (χ3v) is 8.53. The van der Waals surface area contributed by atoms with E-state index in [1.165, 1.54) is 29.7 Å². The third kappa shape index (κ3) is 6.23. The van der Waals surface area contributed by atoms with E-state index in [1.54, 1.807) is 35.8 Å². The van der Waals surface area contributed by atoms with Gasteiger partial charge in [-0.2, -0.15) is 5.26 Å². The molecule has 1 aromatic heterocycles. The molecule has 2 aliphatic carbocycles. The second-order valence-electron chi connectivity index (χ2n) is 9.74. The number of nitriles is 1. The van der Waals surface area contributed by atoms with E-state index in [4.69, 9.17) is 26.6 Å². The minimum Gasteiger partial charge on any atom is -0.488 e. The van der Waals surface area contributed by atoms with Crippen LogP contribution < -0.4 is 10.1 Å². The fourth-order valence-electron chi connectivity index (χ4n) is 5.10. The zero-order valence-corrected chi connectivity index (χ0v) is 22.3. The highest BCUT2D eigenvalue weighted by molar-refractivity contribution is 7.16. The van der Waals surface area contributed by atoms with Crippen LogP contribution in [-0.2, 0) is 19.4 Å². The van der Waals surface area contributed by atoms with Gasteiger partial charge >= 0.3 is 0 Å². The second kappa shape index (κ2) is 11.9. The molecule has 1 saturated carbocycles. The van der Waals surface area contributed by atoms with E-state index < -0.39 is 0 Å². The number of thiophene rings is 1. The average Bonchev–Trinajstić information content (AvgIpc) is 3.31. The first-order valence-electron chi connectivity index (χ1n) is 13.0. The number of aryl methyl sites for hydroxylation is 1. The van der Waals surface area contributed by atoms with E-state index in [9.17, 15) is 4.79 Å². The molecule has 2 aliphatic rings. The lowest BCUT2D eigenvalue weighted by molar-refractivity contribution is 0.0927. The SMILES string of the molecule is N#Cc1ccc(COc2ccc(Cl)cc2/C=N\c2sc3c(c2C(=O)NC2CCCCC2)CCCC3)cc1. The number of benzene rings is 2. The number of nitrogens with zero attached hydrogens (tertiary/aromatic N) is 2. The molecule has 37 heavy (non-hydrogen) atoms. The van der Waals surface area contributed by atoms with Crippen LogP contribution in [0.2, 0.25) is 5.02 Å². The molecule has 0 bridgehead atoms. The van der Waals surface area contributed by atoms with Crippen LogP contribution in [0.3, 0.4) is 0 Å². The Balaban J connectivity index is 1.39. The second-order valence-corrected chi connectivity index (χ2v) is 11.3. The first-order chi connectivity index (χ1) is 18.1. The predicted octanol–water partition coefficient (Wildman–Crippen LogP) is 7.54. The number of halogens is 1. The summed E-state index contributed by atoms with van der Waals surface area (Å²) in [6.07, 6.45) is 11.7. The predicted molar refractivity (Wildman–Crippen MR) is 149 cm³/mol. The van der Waals surface area contributed by atoms with Crippen molar-refractivity contribution in [3.05, 3.63) is 80.2 Å². The molecule has 1 amide bonds. The van der Waals surface area contributed by atoms with Gasteiger partial charge in [-0.1, -0.05) is 43.0 Å². The summed E-state index contributed by atoms with van der Waals surface area (Å²) in [4.78, 5) is 19.6. The fraction of sp³-hybridized carbons (Fsp3) is 0.367. The number of aliphatic imine (C=N–C) groups is 1. The normalized spacial score (nSPS) is 15.8. The van der Waals surface area contributed by atoms with Gasteiger partial charge in [0.25, 0.3) is 5.91 Å². The largest absolute Gasteiger partial charge is 0.488 e. The molecule has 5 nitrogen and oxygen atoms in total. The minimum atomic E-state index is 0.0156. The van der Waals surface area contributed by atoms with Gasteiger partial charge in [-0.05, 0) is 80.0 Å². The Bertz CT molecular complexity index is 1330. The van der Waals surface area contributed by atoms with Gasteiger partial charge in [0.1, 0.15) is 17.4 Å². The van der Waals surface area contributed by atoms with Gasteiger partial charge in [-0.15, -0.1) is 11.3 Å². The fourth-order valence-corrected chi connectivity index (χ4v) is 6.51. The van der Waals surface area contributed by atoms with Crippen molar-refractivity contribution in [2.45, 2.75) is 70.4 Å². The highest BCUT2D eigenvalue weighted by atomic mass is 35.5. The van der Waals surface area contributed by atoms with Gasteiger partial charge in [-0.3, -0.25) is 4.79 Å². The lowest BCUT2D eigenvalue weighted by Crippen LogP contribution is -2.36. The zero-order chi connectivity index (χ0) is 25.6. The Morgan fingerprint density at radius 1 is 1.11 bits per heavy atom. The molecule has 0 radical (unpaired) electrons. The van der Waals surface area contributed by atoms with E-state index in [2.05, 4.69) is 11.4 Å². The maximum absolute atomic E-state index is 13.5. The lowest BCUT2D eigenvalue weighted by atomic mass is 9.93. The highest BCUT2D eigenvalue weighted by Gasteiger charge is 2.27. The van der Waals surface area contributed by atoms with Crippen LogP contribution in [0.4, 0.5) is 5.00 Å². The quantitative estimate of drug-likeness (QED) is 0.320. The molecule has 2 aromatic carbocycles. The number of amides is 1. The van der Waals surface area contributed by atoms with Gasteiger partial charge < -0.3 is 10.1 Å². The summed E-state index contributed by atoms with van der Waals surface area (Å²) in [7, 11) is 0. The van der Waals surface area contributed by atoms with Gasteiger partial charge in [0.05, 0.1) is 17.2 Å². The van der Waals surface area contributed by atoms with Gasteiger partial charge in [0, 0.05) is 27.7 Å². The molecule has 0 spiro atoms. The van der Waals surface area contributed by atoms with E-state index in [1.807, 2.05) is 24.3 Å². The van der Waals surface area contributed by atoms with Crippen LogP contribution in [0.25, 0.3) is 0 Å². The third-order valence-electron chi connectivity index (χ3n) is 7.09. The van der Waals surface area contributed by atoms with Crippen LogP contribution in [0.1, 0.15) is 82.4 Å². The zero-order valence-electron chi connectivity index (χ0n) is 20.8. The highest BCUT2D eigenvalue weighted by Crippen LogP contribution is 2.40. The van der Waals surface area contributed by atoms with Gasteiger partial charge in [0.15, 0.2) is 0 Å². The first-order valence-corrected chi connectivity index (χ1v) is 14.2. The minimum absolute atomic E-state index is 0.0156. The number of fused-ring (bicyclic) bond motifs is 1. The molecule has 3 aromatic rings. The Morgan fingerprint density at radius 3 is 2.68 bits per heavy atom. The Hall–Kier alpha value is -3.14. The number of hydrogen-bond donors (Lipinski definition) is 1. The molecule has 0 atom stereocenters. The van der Waals surface area contributed by atoms with Crippen LogP contribution in [-0.4, -0.2) is 18.2 Å². The van der Waals surface area contributed by atoms with E-state index in [0.717, 1.165) is 60.2 Å². The topological polar surface area (TPSA) is 74.5 Å². The Kier molecular flexibility index (Phi) is 8.23. The van der Waals surface area contributed by atoms with Gasteiger partial charge in [0.2, 0.25) is 0 Å². The monoisotopic (exact) mass is 531 g/mol. The molecule has 1 N–H and O–H groups in total. The number of carbonyl (C=O) groups is 1. The standard InChI is InChI=1S/C30H30ClN3O2S/c31-23-14-15-26(36-19-21-12-10-20(17-32)11-13-21)22(16-23)18-33-30-28(25-8-4-5-9-27(25)37-30)29(35)34-24-6-2-1-3-7-24/h10-16,18,24H,1-9,19H2,(H,34,35)/b33-18-. The molecule has 1 heterocycles. The summed E-state index contributed by atoms with van der Waals surface area (Å²) >= 11 is 7.95. The van der Waals surface area contributed by atoms with Crippen LogP contribution in [0.15, 0.2) is 47.5 Å². The van der Waals surface area contributed by atoms with Crippen LogP contribution in [0, 0.1) is 11.3 Å². The smallest absolute Gasteiger partial charge is 0.254 e. The lowest BCUT2D eigenvalue weighted by Gasteiger charge is -2.23. The number of hydrogen-bond acceptors (Lipinski definition) is 5. The summed E-state index contributed by atoms with van der Waals surface area (Å²) in [6.45, 7) is 0.358. The molecule has 0 saturated heterocycles. The van der Waals surface area contributed by atoms with Crippen molar-refractivity contribution in [1.82, 2.24) is 5.32 Å². The first kappa shape index (κ1) is 25.5. The summed E-state index contributed by atoms with van der Waals surface area (Å²) in [5, 5.41) is 13.7. The molecular weight excluding hydrogens is 502 g/mol. The van der Waals surface area contributed by atoms with Crippen molar-refractivity contribution in [3.63, 3.8) is 0 Å². The molecule has 7 heteroatoms. The van der Waals surface area contributed by atoms with Crippen molar-refractivity contribution in [1.29, 1.82) is 5.26 Å². The maximum atomic E-state index is 13.5. The Labute approximate surface area is 227 Å². The molecule has 190 valence electrons. The van der Waals surface area contributed by atoms with Crippen molar-refractivity contribution in [2.24, 2.45) is 4.99 Å². The number of carbonyl (C=O) groups excluding carboxylic acids is 1. The summed E-state index contributed by atoms with van der Waals surface area (Å²) in [5.74, 6) is 0.675. The van der Waals surface area contributed by atoms with Crippen molar-refractivity contribution in [2.75, 3.05) is 0 Å². The number of nitrogens with one attached hydrogen (secondary N) is 1. The molecule has 1 fully saturated rings. The summed E-state index contributed by atoms with van der Waals surface area (Å²) < 4.78 is 6.09.